The highest BCUT2D eigenvalue weighted by molar-refractivity contribution is 7.98. The highest BCUT2D eigenvalue weighted by Crippen LogP contribution is 2.34. The second-order valence-electron chi connectivity index (χ2n) is 6.87. The highest BCUT2D eigenvalue weighted by Gasteiger charge is 2.15. The molecule has 160 valence electrons. The summed E-state index contributed by atoms with van der Waals surface area (Å²) in [5.74, 6) is 0.949. The number of hydrogen-bond donors (Lipinski definition) is 2. The van der Waals surface area contributed by atoms with Crippen LogP contribution in [0.4, 0.5) is 5.69 Å². The number of aromatic nitrogens is 3. The lowest BCUT2D eigenvalue weighted by Crippen LogP contribution is -2.23. The maximum Gasteiger partial charge on any atom is 0.277 e. The number of nitrogens with zero attached hydrogens (tertiary/aromatic N) is 2. The molecule has 8 nitrogen and oxygen atoms in total. The number of aromatic amines is 1. The van der Waals surface area contributed by atoms with Crippen LogP contribution in [0.25, 0.3) is 21.9 Å². The molecule has 0 aliphatic carbocycles. The van der Waals surface area contributed by atoms with Gasteiger partial charge in [0.25, 0.3) is 5.56 Å². The average Bonchev–Trinajstić information content (AvgIpc) is 3.16. The molecule has 31 heavy (non-hydrogen) atoms. The van der Waals surface area contributed by atoms with Crippen molar-refractivity contribution in [2.75, 3.05) is 25.8 Å². The number of fused-ring (bicyclic) bond motifs is 3. The van der Waals surface area contributed by atoms with E-state index in [1.165, 1.54) is 10.9 Å². The Morgan fingerprint density at radius 2 is 1.97 bits per heavy atom. The van der Waals surface area contributed by atoms with Gasteiger partial charge in [0, 0.05) is 35.0 Å². The Hall–Kier alpha value is -3.46. The summed E-state index contributed by atoms with van der Waals surface area (Å²) in [7, 11) is 3.11. The van der Waals surface area contributed by atoms with Gasteiger partial charge >= 0.3 is 0 Å². The molecule has 0 atom stereocenters. The van der Waals surface area contributed by atoms with Crippen molar-refractivity contribution in [2.24, 2.45) is 0 Å². The third kappa shape index (κ3) is 4.09. The fraction of sp³-hybridized carbons (Fsp3) is 0.227. The molecule has 0 aliphatic rings. The Bertz CT molecular complexity index is 1330. The lowest BCUT2D eigenvalue weighted by Gasteiger charge is -2.08. The smallest absolute Gasteiger partial charge is 0.277 e. The van der Waals surface area contributed by atoms with Crippen LogP contribution >= 0.6 is 11.8 Å². The Kier molecular flexibility index (Phi) is 5.85. The monoisotopic (exact) mass is 438 g/mol. The van der Waals surface area contributed by atoms with E-state index < -0.39 is 0 Å². The molecule has 2 N–H and O–H groups in total. The first-order valence-electron chi connectivity index (χ1n) is 9.60. The van der Waals surface area contributed by atoms with Gasteiger partial charge in [-0.15, -0.1) is 11.8 Å². The normalized spacial score (nSPS) is 11.1. The minimum Gasteiger partial charge on any atom is -0.493 e. The average molecular weight is 439 g/mol. The van der Waals surface area contributed by atoms with E-state index in [9.17, 15) is 9.59 Å². The number of hydrogen-bond acceptors (Lipinski definition) is 6. The number of carbonyl (C=O) groups excluding carboxylic acids is 1. The van der Waals surface area contributed by atoms with Crippen LogP contribution in [0.5, 0.6) is 11.5 Å². The molecule has 0 saturated carbocycles. The molecule has 1 amide bonds. The van der Waals surface area contributed by atoms with Gasteiger partial charge in [0.05, 0.1) is 26.1 Å². The number of rotatable bonds is 7. The van der Waals surface area contributed by atoms with Crippen molar-refractivity contribution in [3.63, 3.8) is 0 Å². The van der Waals surface area contributed by atoms with Crippen molar-refractivity contribution < 1.29 is 14.3 Å². The fourth-order valence-electron chi connectivity index (χ4n) is 3.42. The third-order valence-electron chi connectivity index (χ3n) is 5.01. The first-order valence-corrected chi connectivity index (χ1v) is 10.8. The molecule has 2 aromatic carbocycles. The second-order valence-corrected chi connectivity index (χ2v) is 7.75. The molecule has 4 rings (SSSR count). The van der Waals surface area contributed by atoms with Gasteiger partial charge in [0.2, 0.25) is 5.91 Å². The number of amides is 1. The molecule has 0 unspecified atom stereocenters. The zero-order valence-electron chi connectivity index (χ0n) is 17.4. The standard InChI is InChI=1S/C22H22N4O4S/c1-29-17-10-15-16(11-18(17)30-2)25-21-20(15)23-12-26(22(21)28)8-7-19(27)24-13-5-4-6-14(9-13)31-3/h4-6,9-12,25H,7-8H2,1-3H3,(H,24,27). The number of methoxy groups -OCH3 is 2. The lowest BCUT2D eigenvalue weighted by molar-refractivity contribution is -0.116. The summed E-state index contributed by atoms with van der Waals surface area (Å²) in [4.78, 5) is 33.9. The van der Waals surface area contributed by atoms with E-state index in [2.05, 4.69) is 15.3 Å². The fourth-order valence-corrected chi connectivity index (χ4v) is 3.88. The molecule has 0 saturated heterocycles. The molecule has 2 heterocycles. The van der Waals surface area contributed by atoms with Crippen LogP contribution in [0.15, 0.2) is 52.4 Å². The minimum absolute atomic E-state index is 0.151. The van der Waals surface area contributed by atoms with Crippen LogP contribution in [-0.4, -0.2) is 40.9 Å². The van der Waals surface area contributed by atoms with Crippen molar-refractivity contribution in [1.82, 2.24) is 14.5 Å². The number of aryl methyl sites for hydroxylation is 1. The van der Waals surface area contributed by atoms with E-state index in [0.717, 1.165) is 21.5 Å². The summed E-state index contributed by atoms with van der Waals surface area (Å²) >= 11 is 1.61. The number of benzene rings is 2. The molecular formula is C22H22N4O4S. The van der Waals surface area contributed by atoms with Crippen LogP contribution in [0.2, 0.25) is 0 Å². The number of nitrogens with one attached hydrogen (secondary N) is 2. The van der Waals surface area contributed by atoms with E-state index in [-0.39, 0.29) is 24.4 Å². The van der Waals surface area contributed by atoms with Gasteiger partial charge in [-0.3, -0.25) is 14.2 Å². The SMILES string of the molecule is COc1cc2[nH]c3c(=O)n(CCC(=O)Nc4cccc(SC)c4)cnc3c2cc1OC. The Morgan fingerprint density at radius 1 is 1.19 bits per heavy atom. The van der Waals surface area contributed by atoms with E-state index in [1.807, 2.05) is 30.5 Å². The molecule has 0 radical (unpaired) electrons. The number of anilines is 1. The topological polar surface area (TPSA) is 98.2 Å². The van der Waals surface area contributed by atoms with Gasteiger partial charge in [-0.1, -0.05) is 6.07 Å². The number of carbonyl (C=O) groups is 1. The van der Waals surface area contributed by atoms with E-state index in [0.29, 0.717) is 22.5 Å². The zero-order chi connectivity index (χ0) is 22.0. The quantitative estimate of drug-likeness (QED) is 0.428. The predicted molar refractivity (Wildman–Crippen MR) is 122 cm³/mol. The summed E-state index contributed by atoms with van der Waals surface area (Å²) in [5.41, 5.74) is 2.14. The van der Waals surface area contributed by atoms with Gasteiger partial charge in [-0.2, -0.15) is 0 Å². The molecule has 4 aromatic rings. The highest BCUT2D eigenvalue weighted by atomic mass is 32.2. The summed E-state index contributed by atoms with van der Waals surface area (Å²) in [6.45, 7) is 0.220. The van der Waals surface area contributed by atoms with Gasteiger partial charge < -0.3 is 19.8 Å². The third-order valence-corrected chi connectivity index (χ3v) is 5.73. The molecule has 9 heteroatoms. The molecular weight excluding hydrogens is 416 g/mol. The van der Waals surface area contributed by atoms with Gasteiger partial charge in [-0.25, -0.2) is 4.98 Å². The molecule has 0 spiro atoms. The van der Waals surface area contributed by atoms with E-state index in [4.69, 9.17) is 9.47 Å². The number of H-pyrrole nitrogens is 1. The van der Waals surface area contributed by atoms with Crippen molar-refractivity contribution >= 4 is 45.3 Å². The first kappa shape index (κ1) is 20.8. The molecule has 0 fully saturated rings. The maximum absolute atomic E-state index is 13.0. The maximum atomic E-state index is 13.0. The lowest BCUT2D eigenvalue weighted by atomic mass is 10.2. The van der Waals surface area contributed by atoms with Crippen molar-refractivity contribution in [1.29, 1.82) is 0 Å². The van der Waals surface area contributed by atoms with E-state index >= 15 is 0 Å². The molecule has 0 bridgehead atoms. The van der Waals surface area contributed by atoms with E-state index in [1.54, 1.807) is 38.1 Å². The summed E-state index contributed by atoms with van der Waals surface area (Å²) in [5, 5.41) is 3.63. The largest absolute Gasteiger partial charge is 0.493 e. The van der Waals surface area contributed by atoms with Crippen LogP contribution in [0.3, 0.4) is 0 Å². The number of ether oxygens (including phenoxy) is 2. The number of thioether (sulfide) groups is 1. The van der Waals surface area contributed by atoms with Gasteiger partial charge in [0.1, 0.15) is 11.0 Å². The first-order chi connectivity index (χ1) is 15.0. The van der Waals surface area contributed by atoms with Crippen LogP contribution in [-0.2, 0) is 11.3 Å². The predicted octanol–water partition coefficient (Wildman–Crippen LogP) is 3.65. The zero-order valence-corrected chi connectivity index (χ0v) is 18.2. The molecule has 0 aliphatic heterocycles. The molecule has 2 aromatic heterocycles. The van der Waals surface area contributed by atoms with Crippen LogP contribution < -0.4 is 20.3 Å². The summed E-state index contributed by atoms with van der Waals surface area (Å²) in [6, 6.07) is 11.2. The summed E-state index contributed by atoms with van der Waals surface area (Å²) < 4.78 is 12.1. The Balaban J connectivity index is 1.57. The van der Waals surface area contributed by atoms with Crippen molar-refractivity contribution in [3.8, 4) is 11.5 Å². The summed E-state index contributed by atoms with van der Waals surface area (Å²) in [6.07, 6.45) is 3.60. The van der Waals surface area contributed by atoms with Crippen LogP contribution in [0.1, 0.15) is 6.42 Å². The minimum atomic E-state index is -0.240. The van der Waals surface area contributed by atoms with Crippen molar-refractivity contribution in [2.45, 2.75) is 17.9 Å². The second kappa shape index (κ2) is 8.73. The van der Waals surface area contributed by atoms with Crippen molar-refractivity contribution in [3.05, 3.63) is 53.1 Å². The Labute approximate surface area is 182 Å². The van der Waals surface area contributed by atoms with Crippen LogP contribution in [0, 0.1) is 0 Å². The van der Waals surface area contributed by atoms with Gasteiger partial charge in [0.15, 0.2) is 11.5 Å². The van der Waals surface area contributed by atoms with Gasteiger partial charge in [-0.05, 0) is 30.5 Å². The Morgan fingerprint density at radius 3 is 2.71 bits per heavy atom.